The standard InChI is InChI=1S/C22H24ClN3O3/c1-3-25-18-12-14(21(27)24-15-8-10-19(29-2)17(23)13-15)7-9-16(18)22(28)26-11-5-4-6-20(25)26/h7-10,12-13,20H,3-6,11H2,1-2H3,(H,24,27)/t20-/m0/s1. The van der Waals surface area contributed by atoms with E-state index in [2.05, 4.69) is 17.1 Å². The fourth-order valence-electron chi connectivity index (χ4n) is 4.21. The first kappa shape index (κ1) is 19.6. The van der Waals surface area contributed by atoms with Crippen LogP contribution < -0.4 is 15.0 Å². The maximum Gasteiger partial charge on any atom is 0.257 e. The van der Waals surface area contributed by atoms with Crippen molar-refractivity contribution in [3.05, 3.63) is 52.5 Å². The van der Waals surface area contributed by atoms with Gasteiger partial charge in [-0.05, 0) is 62.6 Å². The van der Waals surface area contributed by atoms with E-state index in [9.17, 15) is 9.59 Å². The van der Waals surface area contributed by atoms with E-state index >= 15 is 0 Å². The third-order valence-electron chi connectivity index (χ3n) is 5.64. The molecule has 2 aliphatic rings. The van der Waals surface area contributed by atoms with Crippen molar-refractivity contribution in [2.24, 2.45) is 0 Å². The number of carbonyl (C=O) groups is 2. The average Bonchev–Trinajstić information content (AvgIpc) is 2.74. The van der Waals surface area contributed by atoms with Crippen LogP contribution in [0.5, 0.6) is 5.75 Å². The lowest BCUT2D eigenvalue weighted by Gasteiger charge is -2.47. The largest absolute Gasteiger partial charge is 0.495 e. The molecule has 2 aromatic carbocycles. The van der Waals surface area contributed by atoms with Crippen molar-refractivity contribution in [1.82, 2.24) is 4.90 Å². The van der Waals surface area contributed by atoms with Gasteiger partial charge >= 0.3 is 0 Å². The van der Waals surface area contributed by atoms with Gasteiger partial charge < -0.3 is 19.9 Å². The number of hydrogen-bond acceptors (Lipinski definition) is 4. The summed E-state index contributed by atoms with van der Waals surface area (Å²) in [4.78, 5) is 30.0. The Morgan fingerprint density at radius 1 is 1.24 bits per heavy atom. The van der Waals surface area contributed by atoms with Crippen molar-refractivity contribution in [1.29, 1.82) is 0 Å². The highest BCUT2D eigenvalue weighted by atomic mass is 35.5. The van der Waals surface area contributed by atoms with Gasteiger partial charge in [0, 0.05) is 24.3 Å². The Morgan fingerprint density at radius 2 is 2.07 bits per heavy atom. The Labute approximate surface area is 175 Å². The highest BCUT2D eigenvalue weighted by Crippen LogP contribution is 2.36. The molecule has 2 amide bonds. The predicted octanol–water partition coefficient (Wildman–Crippen LogP) is 4.39. The number of anilines is 2. The molecule has 7 heteroatoms. The molecule has 1 N–H and O–H groups in total. The summed E-state index contributed by atoms with van der Waals surface area (Å²) < 4.78 is 5.14. The fourth-order valence-corrected chi connectivity index (χ4v) is 4.47. The quantitative estimate of drug-likeness (QED) is 0.807. The van der Waals surface area contributed by atoms with Crippen LogP contribution in [0.4, 0.5) is 11.4 Å². The van der Waals surface area contributed by atoms with Crippen LogP contribution in [0.1, 0.15) is 46.9 Å². The number of benzene rings is 2. The highest BCUT2D eigenvalue weighted by Gasteiger charge is 2.38. The van der Waals surface area contributed by atoms with Crippen molar-refractivity contribution in [2.75, 3.05) is 30.4 Å². The second-order valence-electron chi connectivity index (χ2n) is 7.30. The number of ether oxygens (including phenoxy) is 1. The molecule has 152 valence electrons. The number of rotatable bonds is 4. The average molecular weight is 414 g/mol. The lowest BCUT2D eigenvalue weighted by atomic mass is 9.97. The van der Waals surface area contributed by atoms with E-state index < -0.39 is 0 Å². The summed E-state index contributed by atoms with van der Waals surface area (Å²) in [7, 11) is 1.54. The topological polar surface area (TPSA) is 61.9 Å². The minimum Gasteiger partial charge on any atom is -0.495 e. The number of fused-ring (bicyclic) bond motifs is 2. The lowest BCUT2D eigenvalue weighted by Crippen LogP contribution is -2.57. The number of nitrogens with one attached hydrogen (secondary N) is 1. The predicted molar refractivity (Wildman–Crippen MR) is 114 cm³/mol. The van der Waals surface area contributed by atoms with Gasteiger partial charge in [-0.1, -0.05) is 11.6 Å². The van der Waals surface area contributed by atoms with Crippen LogP contribution in [-0.2, 0) is 0 Å². The van der Waals surface area contributed by atoms with Gasteiger partial charge in [0.2, 0.25) is 0 Å². The number of amides is 2. The molecule has 0 bridgehead atoms. The Morgan fingerprint density at radius 3 is 2.79 bits per heavy atom. The van der Waals surface area contributed by atoms with Crippen LogP contribution in [0.3, 0.4) is 0 Å². The summed E-state index contributed by atoms with van der Waals surface area (Å²) >= 11 is 6.15. The molecule has 2 aliphatic heterocycles. The van der Waals surface area contributed by atoms with E-state index in [0.29, 0.717) is 27.6 Å². The molecule has 0 spiro atoms. The van der Waals surface area contributed by atoms with Crippen LogP contribution in [0.2, 0.25) is 5.02 Å². The number of hydrogen-bond donors (Lipinski definition) is 1. The molecule has 29 heavy (non-hydrogen) atoms. The number of methoxy groups -OCH3 is 1. The first-order valence-electron chi connectivity index (χ1n) is 9.90. The molecule has 4 rings (SSSR count). The summed E-state index contributed by atoms with van der Waals surface area (Å²) in [6.07, 6.45) is 3.19. The molecule has 0 saturated carbocycles. The third kappa shape index (κ3) is 3.53. The monoisotopic (exact) mass is 413 g/mol. The molecule has 1 fully saturated rings. The van der Waals surface area contributed by atoms with Crippen molar-refractivity contribution in [3.63, 3.8) is 0 Å². The van der Waals surface area contributed by atoms with Gasteiger partial charge in [-0.2, -0.15) is 0 Å². The van der Waals surface area contributed by atoms with Crippen LogP contribution in [0.25, 0.3) is 0 Å². The van der Waals surface area contributed by atoms with E-state index in [1.807, 2.05) is 11.0 Å². The molecule has 1 saturated heterocycles. The van der Waals surface area contributed by atoms with Gasteiger partial charge in [0.1, 0.15) is 11.9 Å². The van der Waals surface area contributed by atoms with Crippen LogP contribution in [-0.4, -0.2) is 43.1 Å². The maximum atomic E-state index is 13.0. The number of carbonyl (C=O) groups excluding carboxylic acids is 2. The van der Waals surface area contributed by atoms with E-state index in [1.54, 1.807) is 37.4 Å². The zero-order valence-corrected chi connectivity index (χ0v) is 17.3. The Hall–Kier alpha value is -2.73. The second-order valence-corrected chi connectivity index (χ2v) is 7.70. The minimum atomic E-state index is -0.247. The number of halogens is 1. The van der Waals surface area contributed by atoms with Gasteiger partial charge in [-0.15, -0.1) is 0 Å². The van der Waals surface area contributed by atoms with E-state index in [4.69, 9.17) is 16.3 Å². The molecule has 6 nitrogen and oxygen atoms in total. The van der Waals surface area contributed by atoms with Crippen molar-refractivity contribution in [2.45, 2.75) is 32.4 Å². The number of nitrogens with zero attached hydrogens (tertiary/aromatic N) is 2. The highest BCUT2D eigenvalue weighted by molar-refractivity contribution is 6.32. The first-order valence-corrected chi connectivity index (χ1v) is 10.3. The summed E-state index contributed by atoms with van der Waals surface area (Å²) in [5.74, 6) is 0.361. The zero-order valence-electron chi connectivity index (χ0n) is 16.6. The summed E-state index contributed by atoms with van der Waals surface area (Å²) in [6.45, 7) is 3.65. The van der Waals surface area contributed by atoms with Gasteiger partial charge in [0.05, 0.1) is 23.4 Å². The molecule has 2 aromatic rings. The van der Waals surface area contributed by atoms with E-state index in [1.165, 1.54) is 0 Å². The Kier molecular flexibility index (Phi) is 5.37. The molecule has 2 heterocycles. The minimum absolute atomic E-state index is 0.0586. The van der Waals surface area contributed by atoms with Crippen molar-refractivity contribution in [3.8, 4) is 5.75 Å². The molecule has 0 unspecified atom stereocenters. The van der Waals surface area contributed by atoms with E-state index in [-0.39, 0.29) is 18.0 Å². The van der Waals surface area contributed by atoms with Crippen LogP contribution in [0.15, 0.2) is 36.4 Å². The summed E-state index contributed by atoms with van der Waals surface area (Å²) in [5, 5.41) is 3.29. The fraction of sp³-hybridized carbons (Fsp3) is 0.364. The molecular formula is C22H24ClN3O3. The molecule has 0 radical (unpaired) electrons. The molecule has 0 aromatic heterocycles. The van der Waals surface area contributed by atoms with Crippen LogP contribution >= 0.6 is 11.6 Å². The number of piperidine rings is 1. The Balaban J connectivity index is 1.62. The lowest BCUT2D eigenvalue weighted by molar-refractivity contribution is 0.0582. The zero-order chi connectivity index (χ0) is 20.5. The third-order valence-corrected chi connectivity index (χ3v) is 5.94. The normalized spacial score (nSPS) is 18.2. The maximum absolute atomic E-state index is 13.0. The molecular weight excluding hydrogens is 390 g/mol. The molecule has 0 aliphatic carbocycles. The second kappa shape index (κ2) is 7.95. The van der Waals surface area contributed by atoms with Gasteiger partial charge in [0.25, 0.3) is 11.8 Å². The first-order chi connectivity index (χ1) is 14.0. The summed E-state index contributed by atoms with van der Waals surface area (Å²) in [5.41, 5.74) is 2.58. The molecule has 1 atom stereocenters. The van der Waals surface area contributed by atoms with Crippen molar-refractivity contribution < 1.29 is 14.3 Å². The van der Waals surface area contributed by atoms with Crippen LogP contribution in [0, 0.1) is 0 Å². The SMILES string of the molecule is CCN1c2cc(C(=O)Nc3ccc(OC)c(Cl)c3)ccc2C(=O)N2CCCC[C@H]21. The summed E-state index contributed by atoms with van der Waals surface area (Å²) in [6, 6.07) is 10.4. The van der Waals surface area contributed by atoms with Gasteiger partial charge in [-0.3, -0.25) is 9.59 Å². The smallest absolute Gasteiger partial charge is 0.257 e. The van der Waals surface area contributed by atoms with Gasteiger partial charge in [0.15, 0.2) is 0 Å². The van der Waals surface area contributed by atoms with E-state index in [0.717, 1.165) is 38.0 Å². The van der Waals surface area contributed by atoms with Crippen molar-refractivity contribution >= 4 is 34.8 Å². The Bertz CT molecular complexity index is 962. The van der Waals surface area contributed by atoms with Gasteiger partial charge in [-0.25, -0.2) is 0 Å².